The quantitative estimate of drug-likeness (QED) is 0.719. The molecule has 0 aliphatic carbocycles. The van der Waals surface area contributed by atoms with E-state index in [4.69, 9.17) is 0 Å². The van der Waals surface area contributed by atoms with E-state index in [0.29, 0.717) is 18.3 Å². The van der Waals surface area contributed by atoms with Gasteiger partial charge in [0, 0.05) is 0 Å². The van der Waals surface area contributed by atoms with Crippen molar-refractivity contribution in [2.24, 2.45) is 0 Å². The molecule has 0 spiro atoms. The molecule has 0 heterocycles. The van der Waals surface area contributed by atoms with Crippen LogP contribution in [0.15, 0.2) is 54.6 Å². The zero-order valence-electron chi connectivity index (χ0n) is 11.3. The van der Waals surface area contributed by atoms with Crippen molar-refractivity contribution in [3.63, 3.8) is 0 Å². The number of fused-ring (bicyclic) bond motifs is 1. The van der Waals surface area contributed by atoms with Crippen LogP contribution in [-0.2, 0) is 6.42 Å². The Balaban J connectivity index is 1.94. The molecule has 0 saturated carbocycles. The number of hydrogen-bond acceptors (Lipinski definition) is 3. The molecule has 0 fully saturated rings. The van der Waals surface area contributed by atoms with Gasteiger partial charge in [-0.05, 0) is 52.6 Å². The Bertz CT molecular complexity index is 822. The number of phenolic OH excluding ortho intramolecular Hbond substituents is 2. The standard InChI is InChI=1S/C18H14O3/c19-11-15-4-2-13(9-18(15)21)7-12-1-3-14-5-6-17(20)10-16(14)8-12/h1-6,8-11,20-21H,7H2. The average Bonchev–Trinajstić information content (AvgIpc) is 2.47. The zero-order valence-corrected chi connectivity index (χ0v) is 11.3. The van der Waals surface area contributed by atoms with Crippen molar-refractivity contribution in [2.45, 2.75) is 6.42 Å². The van der Waals surface area contributed by atoms with E-state index in [1.807, 2.05) is 30.3 Å². The first-order chi connectivity index (χ1) is 10.2. The summed E-state index contributed by atoms with van der Waals surface area (Å²) >= 11 is 0. The maximum Gasteiger partial charge on any atom is 0.153 e. The van der Waals surface area contributed by atoms with Gasteiger partial charge < -0.3 is 10.2 Å². The molecule has 3 nitrogen and oxygen atoms in total. The molecule has 3 aromatic carbocycles. The van der Waals surface area contributed by atoms with Crippen LogP contribution in [0, 0.1) is 0 Å². The smallest absolute Gasteiger partial charge is 0.153 e. The fraction of sp³-hybridized carbons (Fsp3) is 0.0556. The van der Waals surface area contributed by atoms with Crippen LogP contribution in [0.3, 0.4) is 0 Å². The normalized spacial score (nSPS) is 10.7. The largest absolute Gasteiger partial charge is 0.508 e. The maximum atomic E-state index is 10.7. The van der Waals surface area contributed by atoms with E-state index < -0.39 is 0 Å². The first-order valence-corrected chi connectivity index (χ1v) is 6.64. The monoisotopic (exact) mass is 278 g/mol. The minimum Gasteiger partial charge on any atom is -0.508 e. The lowest BCUT2D eigenvalue weighted by molar-refractivity contribution is 0.112. The van der Waals surface area contributed by atoms with Crippen molar-refractivity contribution >= 4 is 17.1 Å². The summed E-state index contributed by atoms with van der Waals surface area (Å²) in [4.78, 5) is 10.7. The van der Waals surface area contributed by atoms with Crippen LogP contribution in [0.5, 0.6) is 11.5 Å². The number of aldehydes is 1. The fourth-order valence-electron chi connectivity index (χ4n) is 2.43. The lowest BCUT2D eigenvalue weighted by Crippen LogP contribution is -1.90. The minimum absolute atomic E-state index is 0.000864. The predicted molar refractivity (Wildman–Crippen MR) is 81.9 cm³/mol. The van der Waals surface area contributed by atoms with Gasteiger partial charge in [-0.3, -0.25) is 4.79 Å². The second-order valence-corrected chi connectivity index (χ2v) is 5.05. The Hall–Kier alpha value is -2.81. The van der Waals surface area contributed by atoms with Gasteiger partial charge in [-0.25, -0.2) is 0 Å². The SMILES string of the molecule is O=Cc1ccc(Cc2ccc3ccc(O)cc3c2)cc1O. The zero-order chi connectivity index (χ0) is 14.8. The van der Waals surface area contributed by atoms with Crippen molar-refractivity contribution in [1.82, 2.24) is 0 Å². The third-order valence-corrected chi connectivity index (χ3v) is 3.52. The van der Waals surface area contributed by atoms with Gasteiger partial charge in [0.15, 0.2) is 6.29 Å². The topological polar surface area (TPSA) is 57.5 Å². The molecule has 0 amide bonds. The lowest BCUT2D eigenvalue weighted by atomic mass is 10.00. The van der Waals surface area contributed by atoms with Gasteiger partial charge in [0.2, 0.25) is 0 Å². The number of rotatable bonds is 3. The van der Waals surface area contributed by atoms with E-state index in [0.717, 1.165) is 21.9 Å². The van der Waals surface area contributed by atoms with E-state index in [9.17, 15) is 15.0 Å². The summed E-state index contributed by atoms with van der Waals surface area (Å²) in [6.45, 7) is 0. The van der Waals surface area contributed by atoms with Gasteiger partial charge >= 0.3 is 0 Å². The van der Waals surface area contributed by atoms with E-state index in [-0.39, 0.29) is 11.5 Å². The molecule has 3 rings (SSSR count). The van der Waals surface area contributed by atoms with Gasteiger partial charge in [-0.1, -0.05) is 30.3 Å². The van der Waals surface area contributed by atoms with Crippen molar-refractivity contribution in [1.29, 1.82) is 0 Å². The molecule has 0 aliphatic rings. The molecule has 0 aliphatic heterocycles. The summed E-state index contributed by atoms with van der Waals surface area (Å²) in [5, 5.41) is 21.3. The van der Waals surface area contributed by atoms with Gasteiger partial charge in [0.1, 0.15) is 11.5 Å². The van der Waals surface area contributed by atoms with E-state index in [2.05, 4.69) is 0 Å². The van der Waals surface area contributed by atoms with Crippen LogP contribution in [-0.4, -0.2) is 16.5 Å². The highest BCUT2D eigenvalue weighted by Crippen LogP contribution is 2.24. The molecule has 0 radical (unpaired) electrons. The molecule has 0 aromatic heterocycles. The van der Waals surface area contributed by atoms with Crippen molar-refractivity contribution in [2.75, 3.05) is 0 Å². The Morgan fingerprint density at radius 3 is 2.29 bits per heavy atom. The molecule has 104 valence electrons. The highest BCUT2D eigenvalue weighted by molar-refractivity contribution is 5.84. The maximum absolute atomic E-state index is 10.7. The predicted octanol–water partition coefficient (Wildman–Crippen LogP) is 3.65. The molecular formula is C18H14O3. The molecule has 21 heavy (non-hydrogen) atoms. The van der Waals surface area contributed by atoms with E-state index >= 15 is 0 Å². The van der Waals surface area contributed by atoms with Crippen LogP contribution in [0.1, 0.15) is 21.5 Å². The highest BCUT2D eigenvalue weighted by atomic mass is 16.3. The van der Waals surface area contributed by atoms with Gasteiger partial charge in [-0.15, -0.1) is 0 Å². The van der Waals surface area contributed by atoms with Crippen LogP contribution in [0.4, 0.5) is 0 Å². The van der Waals surface area contributed by atoms with Crippen molar-refractivity contribution in [3.8, 4) is 11.5 Å². The summed E-state index contributed by atoms with van der Waals surface area (Å²) in [7, 11) is 0. The molecule has 0 atom stereocenters. The molecular weight excluding hydrogens is 264 g/mol. The molecule has 0 unspecified atom stereocenters. The third kappa shape index (κ3) is 2.72. The summed E-state index contributed by atoms with van der Waals surface area (Å²) in [5.74, 6) is 0.244. The Morgan fingerprint density at radius 1 is 0.810 bits per heavy atom. The average molecular weight is 278 g/mol. The Morgan fingerprint density at radius 2 is 1.52 bits per heavy atom. The van der Waals surface area contributed by atoms with Crippen LogP contribution >= 0.6 is 0 Å². The second kappa shape index (κ2) is 5.29. The first kappa shape index (κ1) is 13.2. The number of carbonyl (C=O) groups excluding carboxylic acids is 1. The summed E-state index contributed by atoms with van der Waals surface area (Å²) < 4.78 is 0. The van der Waals surface area contributed by atoms with Crippen LogP contribution < -0.4 is 0 Å². The number of benzene rings is 3. The first-order valence-electron chi connectivity index (χ1n) is 6.64. The highest BCUT2D eigenvalue weighted by Gasteiger charge is 2.04. The molecule has 2 N–H and O–H groups in total. The van der Waals surface area contributed by atoms with E-state index in [1.165, 1.54) is 0 Å². The summed E-state index contributed by atoms with van der Waals surface area (Å²) in [6, 6.07) is 16.4. The number of hydrogen-bond donors (Lipinski definition) is 2. The minimum atomic E-state index is 0.000864. The van der Waals surface area contributed by atoms with E-state index in [1.54, 1.807) is 24.3 Å². The van der Waals surface area contributed by atoms with Crippen molar-refractivity contribution in [3.05, 3.63) is 71.3 Å². The lowest BCUT2D eigenvalue weighted by Gasteiger charge is -2.06. The molecule has 3 heteroatoms. The molecule has 0 bridgehead atoms. The van der Waals surface area contributed by atoms with Crippen LogP contribution in [0.2, 0.25) is 0 Å². The van der Waals surface area contributed by atoms with Crippen LogP contribution in [0.25, 0.3) is 10.8 Å². The summed E-state index contributed by atoms with van der Waals surface area (Å²) in [6.07, 6.45) is 1.29. The van der Waals surface area contributed by atoms with Gasteiger partial charge in [0.05, 0.1) is 5.56 Å². The fourth-order valence-corrected chi connectivity index (χ4v) is 2.43. The van der Waals surface area contributed by atoms with Gasteiger partial charge in [-0.2, -0.15) is 0 Å². The third-order valence-electron chi connectivity index (χ3n) is 3.52. The molecule has 3 aromatic rings. The number of carbonyl (C=O) groups is 1. The Labute approximate surface area is 122 Å². The van der Waals surface area contributed by atoms with Gasteiger partial charge in [0.25, 0.3) is 0 Å². The van der Waals surface area contributed by atoms with Crippen molar-refractivity contribution < 1.29 is 15.0 Å². The number of phenols is 2. The Kier molecular flexibility index (Phi) is 3.32. The summed E-state index contributed by atoms with van der Waals surface area (Å²) in [5.41, 5.74) is 2.30. The molecule has 0 saturated heterocycles. The number of aromatic hydroxyl groups is 2. The second-order valence-electron chi connectivity index (χ2n) is 5.05.